The molecule has 0 unspecified atom stereocenters. The van der Waals surface area contributed by atoms with Gasteiger partial charge in [0.15, 0.2) is 11.5 Å². The molecule has 1 saturated heterocycles. The summed E-state index contributed by atoms with van der Waals surface area (Å²) in [4.78, 5) is 30.4. The highest BCUT2D eigenvalue weighted by Gasteiger charge is 2.38. The van der Waals surface area contributed by atoms with Gasteiger partial charge in [-0.1, -0.05) is 18.2 Å². The Kier molecular flexibility index (Phi) is 8.26. The molecule has 0 aromatic heterocycles. The van der Waals surface area contributed by atoms with Crippen molar-refractivity contribution in [3.05, 3.63) is 76.1 Å². The average Bonchev–Trinajstić information content (AvgIpc) is 2.93. The second-order valence-corrected chi connectivity index (χ2v) is 9.45. The van der Waals surface area contributed by atoms with Crippen LogP contribution in [0.3, 0.4) is 0 Å². The van der Waals surface area contributed by atoms with Crippen molar-refractivity contribution in [2.45, 2.75) is 26.3 Å². The molecule has 9 nitrogen and oxygen atoms in total. The summed E-state index contributed by atoms with van der Waals surface area (Å²) in [7, 11) is 4.09. The first-order valence-corrected chi connectivity index (χ1v) is 12.6. The Balaban J connectivity index is 1.69. The summed E-state index contributed by atoms with van der Waals surface area (Å²) in [5.41, 5.74) is 4.23. The van der Waals surface area contributed by atoms with Gasteiger partial charge >= 0.3 is 11.9 Å². The van der Waals surface area contributed by atoms with Gasteiger partial charge in [0.2, 0.25) is 0 Å². The minimum absolute atomic E-state index is 0.0383. The Bertz CT molecular complexity index is 1220. The molecular formula is C29H35N3O6. The molecule has 0 radical (unpaired) electrons. The lowest BCUT2D eigenvalue weighted by Gasteiger charge is -2.36. The van der Waals surface area contributed by atoms with Crippen molar-refractivity contribution < 1.29 is 28.9 Å². The molecule has 0 saturated carbocycles. The third-order valence-corrected chi connectivity index (χ3v) is 7.19. The van der Waals surface area contributed by atoms with E-state index in [0.29, 0.717) is 40.2 Å². The van der Waals surface area contributed by atoms with Gasteiger partial charge in [0, 0.05) is 55.4 Å². The van der Waals surface area contributed by atoms with E-state index in [4.69, 9.17) is 14.2 Å². The molecule has 0 atom stereocenters. The third kappa shape index (κ3) is 5.33. The number of hydrogen-bond acceptors (Lipinski definition) is 9. The van der Waals surface area contributed by atoms with Crippen molar-refractivity contribution in [1.29, 1.82) is 0 Å². The van der Waals surface area contributed by atoms with Gasteiger partial charge < -0.3 is 29.5 Å². The van der Waals surface area contributed by atoms with E-state index in [1.54, 1.807) is 19.9 Å². The Morgan fingerprint density at radius 2 is 1.50 bits per heavy atom. The number of phenolic OH excluding ortho intramolecular Hbond substituents is 1. The fourth-order valence-electron chi connectivity index (χ4n) is 5.26. The van der Waals surface area contributed by atoms with Crippen molar-refractivity contribution in [2.75, 3.05) is 52.4 Å². The molecule has 0 bridgehead atoms. The normalized spacial score (nSPS) is 16.8. The number of hydrogen-bond donors (Lipinski definition) is 2. The summed E-state index contributed by atoms with van der Waals surface area (Å²) < 4.78 is 15.7. The zero-order chi connectivity index (χ0) is 27.4. The van der Waals surface area contributed by atoms with Crippen LogP contribution in [0.2, 0.25) is 0 Å². The topological polar surface area (TPSA) is 101 Å². The molecule has 0 aliphatic carbocycles. The van der Waals surface area contributed by atoms with Crippen LogP contribution in [0, 0.1) is 0 Å². The van der Waals surface area contributed by atoms with Gasteiger partial charge in [-0.15, -0.1) is 0 Å². The number of esters is 2. The molecular weight excluding hydrogens is 486 g/mol. The molecule has 2 aliphatic heterocycles. The highest BCUT2D eigenvalue weighted by atomic mass is 16.5. The summed E-state index contributed by atoms with van der Waals surface area (Å²) in [6, 6.07) is 13.8. The maximum Gasteiger partial charge on any atom is 0.336 e. The predicted octanol–water partition coefficient (Wildman–Crippen LogP) is 3.30. The number of aromatic hydroxyl groups is 1. The molecule has 2 N–H and O–H groups in total. The zero-order valence-corrected chi connectivity index (χ0v) is 22.5. The van der Waals surface area contributed by atoms with Crippen LogP contribution in [0.1, 0.15) is 30.9 Å². The van der Waals surface area contributed by atoms with E-state index in [0.717, 1.165) is 26.2 Å². The number of para-hydroxylation sites is 1. The number of carbonyl (C=O) groups excluding carboxylic acids is 2. The summed E-state index contributed by atoms with van der Waals surface area (Å²) in [6.07, 6.45) is 0. The number of ether oxygens (including phenoxy) is 3. The number of allylic oxidation sites excluding steroid dienone is 2. The first-order valence-electron chi connectivity index (χ1n) is 12.6. The van der Waals surface area contributed by atoms with Gasteiger partial charge in [0.1, 0.15) is 0 Å². The van der Waals surface area contributed by atoms with Crippen LogP contribution in [-0.2, 0) is 25.6 Å². The number of rotatable bonds is 7. The van der Waals surface area contributed by atoms with E-state index in [9.17, 15) is 14.7 Å². The van der Waals surface area contributed by atoms with Gasteiger partial charge in [0.25, 0.3) is 0 Å². The molecule has 4 rings (SSSR count). The van der Waals surface area contributed by atoms with Crippen molar-refractivity contribution in [3.63, 3.8) is 0 Å². The van der Waals surface area contributed by atoms with Crippen molar-refractivity contribution in [3.8, 4) is 11.5 Å². The van der Waals surface area contributed by atoms with Gasteiger partial charge in [0.05, 0.1) is 38.4 Å². The summed E-state index contributed by atoms with van der Waals surface area (Å²) in [5.74, 6) is -1.57. The number of nitrogens with zero attached hydrogens (tertiary/aromatic N) is 2. The van der Waals surface area contributed by atoms with Gasteiger partial charge in [-0.05, 0) is 43.7 Å². The zero-order valence-electron chi connectivity index (χ0n) is 22.5. The molecule has 0 amide bonds. The standard InChI is InChI=1S/C29H35N3O6/c1-18-24(28(34)37-4)26(25(19(2)30-18)29(35)38-5)20-15-21(27(33)23(16-20)36-3)17-31-11-13-32(14-12-31)22-9-7-6-8-10-22/h6-10,15-16,26,30,33H,11-14,17H2,1-5H3. The number of nitrogens with one attached hydrogen (secondary N) is 1. The third-order valence-electron chi connectivity index (χ3n) is 7.19. The number of carbonyl (C=O) groups is 2. The highest BCUT2D eigenvalue weighted by molar-refractivity contribution is 5.99. The number of phenols is 1. The lowest BCUT2D eigenvalue weighted by Crippen LogP contribution is -2.46. The lowest BCUT2D eigenvalue weighted by molar-refractivity contribution is -0.137. The van der Waals surface area contributed by atoms with Crippen LogP contribution in [0.4, 0.5) is 5.69 Å². The maximum atomic E-state index is 12.9. The Morgan fingerprint density at radius 1 is 0.921 bits per heavy atom. The van der Waals surface area contributed by atoms with Gasteiger partial charge in [-0.2, -0.15) is 0 Å². The largest absolute Gasteiger partial charge is 0.504 e. The Morgan fingerprint density at radius 3 is 2.03 bits per heavy atom. The lowest BCUT2D eigenvalue weighted by atomic mass is 9.79. The van der Waals surface area contributed by atoms with E-state index in [2.05, 4.69) is 27.2 Å². The second kappa shape index (κ2) is 11.6. The molecule has 2 heterocycles. The second-order valence-electron chi connectivity index (χ2n) is 9.45. The molecule has 2 aliphatic rings. The molecule has 38 heavy (non-hydrogen) atoms. The molecule has 2 aromatic rings. The minimum Gasteiger partial charge on any atom is -0.504 e. The molecule has 202 valence electrons. The first kappa shape index (κ1) is 27.1. The minimum atomic E-state index is -0.765. The van der Waals surface area contributed by atoms with Crippen LogP contribution in [0.5, 0.6) is 11.5 Å². The number of piperazine rings is 1. The Hall–Kier alpha value is -3.98. The fourth-order valence-corrected chi connectivity index (χ4v) is 5.26. The van der Waals surface area contributed by atoms with Crippen LogP contribution in [0.15, 0.2) is 65.0 Å². The van der Waals surface area contributed by atoms with Crippen LogP contribution >= 0.6 is 0 Å². The van der Waals surface area contributed by atoms with Crippen molar-refractivity contribution in [2.24, 2.45) is 0 Å². The van der Waals surface area contributed by atoms with Crippen LogP contribution < -0.4 is 15.0 Å². The van der Waals surface area contributed by atoms with E-state index >= 15 is 0 Å². The van der Waals surface area contributed by atoms with Crippen LogP contribution in [0.25, 0.3) is 0 Å². The number of methoxy groups -OCH3 is 3. The molecule has 1 fully saturated rings. The molecule has 0 spiro atoms. The quantitative estimate of drug-likeness (QED) is 0.532. The fraction of sp³-hybridized carbons (Fsp3) is 0.379. The molecule has 9 heteroatoms. The first-order chi connectivity index (χ1) is 18.3. The summed E-state index contributed by atoms with van der Waals surface area (Å²) >= 11 is 0. The van der Waals surface area contributed by atoms with Crippen LogP contribution in [-0.4, -0.2) is 69.5 Å². The number of dihydropyridines is 1. The SMILES string of the molecule is COC(=O)C1=C(C)NC(C)=C(C(=O)OC)C1c1cc(CN2CCN(c3ccccc3)CC2)c(O)c(OC)c1. The van der Waals surface area contributed by atoms with Crippen molar-refractivity contribution >= 4 is 17.6 Å². The van der Waals surface area contributed by atoms with E-state index in [-0.39, 0.29) is 11.5 Å². The Labute approximate surface area is 223 Å². The number of anilines is 1. The average molecular weight is 522 g/mol. The van der Waals surface area contributed by atoms with E-state index in [1.807, 2.05) is 24.3 Å². The predicted molar refractivity (Wildman–Crippen MR) is 144 cm³/mol. The monoisotopic (exact) mass is 521 g/mol. The van der Waals surface area contributed by atoms with Gasteiger partial charge in [-0.3, -0.25) is 4.90 Å². The molecule has 2 aromatic carbocycles. The smallest absolute Gasteiger partial charge is 0.336 e. The summed E-state index contributed by atoms with van der Waals surface area (Å²) in [5, 5.41) is 14.1. The number of benzene rings is 2. The summed E-state index contributed by atoms with van der Waals surface area (Å²) in [6.45, 7) is 7.36. The maximum absolute atomic E-state index is 12.9. The van der Waals surface area contributed by atoms with E-state index < -0.39 is 17.9 Å². The van der Waals surface area contributed by atoms with Gasteiger partial charge in [-0.25, -0.2) is 9.59 Å². The highest BCUT2D eigenvalue weighted by Crippen LogP contribution is 2.43. The van der Waals surface area contributed by atoms with Crippen molar-refractivity contribution in [1.82, 2.24) is 10.2 Å². The van der Waals surface area contributed by atoms with E-state index in [1.165, 1.54) is 27.0 Å².